The Morgan fingerprint density at radius 2 is 2.38 bits per heavy atom. The summed E-state index contributed by atoms with van der Waals surface area (Å²) in [6.45, 7) is 0.530. The molecule has 1 aromatic rings. The van der Waals surface area contributed by atoms with E-state index in [4.69, 9.17) is 0 Å². The van der Waals surface area contributed by atoms with Gasteiger partial charge in [0.25, 0.3) is 5.91 Å². The minimum atomic E-state index is -0.268. The van der Waals surface area contributed by atoms with E-state index >= 15 is 0 Å². The normalized spacial score (nSPS) is 24.3. The van der Waals surface area contributed by atoms with Gasteiger partial charge in [-0.2, -0.15) is 10.2 Å². The zero-order valence-corrected chi connectivity index (χ0v) is 8.97. The molecule has 0 radical (unpaired) electrons. The molecule has 2 unspecified atom stereocenters. The molecule has 86 valence electrons. The SMILES string of the molecule is O=C(NCC1CCCC1O)c1ccnnc1. The zero-order chi connectivity index (χ0) is 11.4. The maximum atomic E-state index is 11.6. The molecule has 5 heteroatoms. The quantitative estimate of drug-likeness (QED) is 0.773. The minimum absolute atomic E-state index is 0.158. The highest BCUT2D eigenvalue weighted by atomic mass is 16.3. The maximum absolute atomic E-state index is 11.6. The van der Waals surface area contributed by atoms with Crippen LogP contribution in [0.4, 0.5) is 0 Å². The van der Waals surface area contributed by atoms with Crippen LogP contribution in [0.2, 0.25) is 0 Å². The molecule has 1 heterocycles. The summed E-state index contributed by atoms with van der Waals surface area (Å²) in [5.74, 6) is 0.0350. The zero-order valence-electron chi connectivity index (χ0n) is 8.97. The minimum Gasteiger partial charge on any atom is -0.393 e. The van der Waals surface area contributed by atoms with Gasteiger partial charge < -0.3 is 10.4 Å². The van der Waals surface area contributed by atoms with Crippen molar-refractivity contribution < 1.29 is 9.90 Å². The van der Waals surface area contributed by atoms with E-state index < -0.39 is 0 Å². The lowest BCUT2D eigenvalue weighted by Gasteiger charge is -2.14. The molecular formula is C11H15N3O2. The molecule has 1 fully saturated rings. The van der Waals surface area contributed by atoms with Gasteiger partial charge >= 0.3 is 0 Å². The van der Waals surface area contributed by atoms with Crippen molar-refractivity contribution in [2.45, 2.75) is 25.4 Å². The summed E-state index contributed by atoms with van der Waals surface area (Å²) in [5.41, 5.74) is 0.502. The largest absolute Gasteiger partial charge is 0.393 e. The number of aliphatic hydroxyl groups is 1. The lowest BCUT2D eigenvalue weighted by Crippen LogP contribution is -2.32. The summed E-state index contributed by atoms with van der Waals surface area (Å²) < 4.78 is 0. The van der Waals surface area contributed by atoms with E-state index in [1.807, 2.05) is 0 Å². The molecule has 1 aromatic heterocycles. The van der Waals surface area contributed by atoms with Gasteiger partial charge in [-0.05, 0) is 18.9 Å². The van der Waals surface area contributed by atoms with E-state index in [0.717, 1.165) is 19.3 Å². The summed E-state index contributed by atoms with van der Waals surface area (Å²) in [6, 6.07) is 1.62. The van der Waals surface area contributed by atoms with Crippen LogP contribution in [-0.4, -0.2) is 33.9 Å². The molecule has 0 aromatic carbocycles. The Balaban J connectivity index is 1.84. The second kappa shape index (κ2) is 5.03. The molecule has 0 saturated heterocycles. The molecular weight excluding hydrogens is 206 g/mol. The van der Waals surface area contributed by atoms with Crippen LogP contribution >= 0.6 is 0 Å². The Bertz CT molecular complexity index is 356. The molecule has 5 nitrogen and oxygen atoms in total. The third-order valence-corrected chi connectivity index (χ3v) is 2.99. The molecule has 1 aliphatic carbocycles. The number of hydrogen-bond donors (Lipinski definition) is 2. The van der Waals surface area contributed by atoms with Crippen molar-refractivity contribution in [2.24, 2.45) is 5.92 Å². The van der Waals surface area contributed by atoms with Gasteiger partial charge in [0.15, 0.2) is 0 Å². The number of amides is 1. The van der Waals surface area contributed by atoms with Gasteiger partial charge in [-0.1, -0.05) is 6.42 Å². The van der Waals surface area contributed by atoms with Gasteiger partial charge in [0, 0.05) is 12.5 Å². The summed E-state index contributed by atoms with van der Waals surface area (Å²) in [4.78, 5) is 11.6. The Morgan fingerprint density at radius 1 is 1.50 bits per heavy atom. The summed E-state index contributed by atoms with van der Waals surface area (Å²) in [7, 11) is 0. The number of aliphatic hydroxyl groups excluding tert-OH is 1. The fourth-order valence-electron chi connectivity index (χ4n) is 2.01. The molecule has 0 bridgehead atoms. The molecule has 1 amide bonds. The van der Waals surface area contributed by atoms with Gasteiger partial charge in [0.1, 0.15) is 0 Å². The summed E-state index contributed by atoms with van der Waals surface area (Å²) in [5, 5.41) is 19.7. The first-order valence-electron chi connectivity index (χ1n) is 5.50. The fraction of sp³-hybridized carbons (Fsp3) is 0.545. The number of carbonyl (C=O) groups is 1. The van der Waals surface area contributed by atoms with Crippen molar-refractivity contribution in [1.29, 1.82) is 0 Å². The number of hydrogen-bond acceptors (Lipinski definition) is 4. The predicted octanol–water partition coefficient (Wildman–Crippen LogP) is 0.367. The second-order valence-electron chi connectivity index (χ2n) is 4.10. The van der Waals surface area contributed by atoms with Crippen LogP contribution in [0.15, 0.2) is 18.5 Å². The molecule has 2 rings (SSSR count). The van der Waals surface area contributed by atoms with Gasteiger partial charge in [-0.25, -0.2) is 0 Å². The Labute approximate surface area is 93.9 Å². The number of nitrogens with one attached hydrogen (secondary N) is 1. The average Bonchev–Trinajstić information content (AvgIpc) is 2.73. The predicted molar refractivity (Wildman–Crippen MR) is 57.7 cm³/mol. The van der Waals surface area contributed by atoms with Gasteiger partial charge in [0.2, 0.25) is 0 Å². The lowest BCUT2D eigenvalue weighted by atomic mass is 10.1. The van der Waals surface area contributed by atoms with Crippen LogP contribution in [0.1, 0.15) is 29.6 Å². The van der Waals surface area contributed by atoms with Crippen LogP contribution in [0.5, 0.6) is 0 Å². The first-order valence-corrected chi connectivity index (χ1v) is 5.50. The third-order valence-electron chi connectivity index (χ3n) is 2.99. The lowest BCUT2D eigenvalue weighted by molar-refractivity contribution is 0.0916. The molecule has 1 saturated carbocycles. The summed E-state index contributed by atoms with van der Waals surface area (Å²) in [6.07, 6.45) is 5.52. The molecule has 2 N–H and O–H groups in total. The third kappa shape index (κ3) is 2.55. The Hall–Kier alpha value is -1.49. The highest BCUT2D eigenvalue weighted by molar-refractivity contribution is 5.93. The van der Waals surface area contributed by atoms with E-state index in [0.29, 0.717) is 12.1 Å². The first-order chi connectivity index (χ1) is 7.77. The van der Waals surface area contributed by atoms with Gasteiger partial charge in [0.05, 0.1) is 24.1 Å². The monoisotopic (exact) mass is 221 g/mol. The molecule has 0 aliphatic heterocycles. The fourth-order valence-corrected chi connectivity index (χ4v) is 2.01. The Morgan fingerprint density at radius 3 is 3.00 bits per heavy atom. The highest BCUT2D eigenvalue weighted by Crippen LogP contribution is 2.24. The molecule has 1 aliphatic rings. The van der Waals surface area contributed by atoms with Crippen LogP contribution < -0.4 is 5.32 Å². The highest BCUT2D eigenvalue weighted by Gasteiger charge is 2.25. The average molecular weight is 221 g/mol. The van der Waals surface area contributed by atoms with E-state index in [-0.39, 0.29) is 17.9 Å². The van der Waals surface area contributed by atoms with Crippen molar-refractivity contribution in [1.82, 2.24) is 15.5 Å². The van der Waals surface area contributed by atoms with Crippen LogP contribution in [-0.2, 0) is 0 Å². The second-order valence-corrected chi connectivity index (χ2v) is 4.10. The maximum Gasteiger partial charge on any atom is 0.252 e. The standard InChI is InChI=1S/C11H15N3O2/c15-10-3-1-2-8(10)6-12-11(16)9-4-5-13-14-7-9/h4-5,7-8,10,15H,1-3,6H2,(H,12,16). The van der Waals surface area contributed by atoms with E-state index in [1.54, 1.807) is 6.07 Å². The topological polar surface area (TPSA) is 75.1 Å². The summed E-state index contributed by atoms with van der Waals surface area (Å²) >= 11 is 0. The van der Waals surface area contributed by atoms with Crippen LogP contribution in [0.25, 0.3) is 0 Å². The number of carbonyl (C=O) groups excluding carboxylic acids is 1. The molecule has 16 heavy (non-hydrogen) atoms. The van der Waals surface area contributed by atoms with Crippen LogP contribution in [0.3, 0.4) is 0 Å². The van der Waals surface area contributed by atoms with Crippen molar-refractivity contribution in [3.05, 3.63) is 24.0 Å². The molecule has 0 spiro atoms. The number of nitrogens with zero attached hydrogens (tertiary/aromatic N) is 2. The van der Waals surface area contributed by atoms with E-state index in [9.17, 15) is 9.90 Å². The smallest absolute Gasteiger partial charge is 0.252 e. The molecule has 2 atom stereocenters. The van der Waals surface area contributed by atoms with Gasteiger partial charge in [-0.3, -0.25) is 4.79 Å². The number of rotatable bonds is 3. The van der Waals surface area contributed by atoms with Crippen molar-refractivity contribution in [3.63, 3.8) is 0 Å². The van der Waals surface area contributed by atoms with Crippen molar-refractivity contribution in [2.75, 3.05) is 6.54 Å². The van der Waals surface area contributed by atoms with Crippen molar-refractivity contribution in [3.8, 4) is 0 Å². The van der Waals surface area contributed by atoms with Crippen LogP contribution in [0, 0.1) is 5.92 Å². The Kier molecular flexibility index (Phi) is 3.46. The first kappa shape index (κ1) is 11.0. The van der Waals surface area contributed by atoms with E-state index in [2.05, 4.69) is 15.5 Å². The van der Waals surface area contributed by atoms with E-state index in [1.165, 1.54) is 12.4 Å². The van der Waals surface area contributed by atoms with Gasteiger partial charge in [-0.15, -0.1) is 0 Å². The van der Waals surface area contributed by atoms with Crippen molar-refractivity contribution >= 4 is 5.91 Å². The number of aromatic nitrogens is 2.